The van der Waals surface area contributed by atoms with E-state index >= 15 is 0 Å². The molecule has 1 N–H and O–H groups in total. The highest BCUT2D eigenvalue weighted by atomic mass is 19.4. The van der Waals surface area contributed by atoms with Crippen molar-refractivity contribution in [2.24, 2.45) is 0 Å². The molecule has 1 heterocycles. The number of alkyl halides is 3. The van der Waals surface area contributed by atoms with E-state index in [4.69, 9.17) is 4.74 Å². The summed E-state index contributed by atoms with van der Waals surface area (Å²) in [6.45, 7) is 3.82. The molecule has 4 nitrogen and oxygen atoms in total. The first-order valence-electron chi connectivity index (χ1n) is 6.54. The number of nitrogens with one attached hydrogen (secondary N) is 1. The summed E-state index contributed by atoms with van der Waals surface area (Å²) in [4.78, 5) is 7.22. The van der Waals surface area contributed by atoms with Gasteiger partial charge in [-0.15, -0.1) is 0 Å². The van der Waals surface area contributed by atoms with Crippen LogP contribution in [-0.4, -0.2) is 23.1 Å². The van der Waals surface area contributed by atoms with Gasteiger partial charge in [-0.3, -0.25) is 0 Å². The molecule has 0 saturated carbocycles. The van der Waals surface area contributed by atoms with Gasteiger partial charge < -0.3 is 10.1 Å². The Morgan fingerprint density at radius 1 is 1.29 bits per heavy atom. The molecule has 2 aromatic rings. The molecule has 21 heavy (non-hydrogen) atoms. The lowest BCUT2D eigenvalue weighted by Gasteiger charge is -2.16. The number of hydrogen-bond donors (Lipinski definition) is 1. The van der Waals surface area contributed by atoms with Crippen molar-refractivity contribution in [3.63, 3.8) is 0 Å². The molecule has 0 aliphatic heterocycles. The zero-order chi connectivity index (χ0) is 15.6. The van der Waals surface area contributed by atoms with Crippen LogP contribution in [0.25, 0.3) is 10.9 Å². The van der Waals surface area contributed by atoms with Crippen molar-refractivity contribution in [3.05, 3.63) is 24.0 Å². The van der Waals surface area contributed by atoms with Gasteiger partial charge in [0.1, 0.15) is 11.6 Å². The van der Waals surface area contributed by atoms with Gasteiger partial charge in [-0.05, 0) is 25.5 Å². The lowest BCUT2D eigenvalue weighted by atomic mass is 10.2. The minimum Gasteiger partial charge on any atom is -0.497 e. The summed E-state index contributed by atoms with van der Waals surface area (Å²) in [6, 6.07) is 4.79. The summed E-state index contributed by atoms with van der Waals surface area (Å²) in [5, 5.41) is 3.52. The Morgan fingerprint density at radius 3 is 2.57 bits per heavy atom. The van der Waals surface area contributed by atoms with Crippen LogP contribution in [0.1, 0.15) is 26.1 Å². The second-order valence-electron chi connectivity index (χ2n) is 4.73. The number of benzene rings is 1. The molecule has 0 amide bonds. The van der Waals surface area contributed by atoms with Crippen LogP contribution >= 0.6 is 0 Å². The standard InChI is InChI=1S/C14H16F3N3O/c1-4-8(2)18-12-10-6-5-9(21-3)7-11(10)19-13(20-12)14(15,16)17/h5-8H,4H2,1-3H3,(H,18,19,20). The van der Waals surface area contributed by atoms with Crippen LogP contribution in [-0.2, 0) is 6.18 Å². The Labute approximate surface area is 120 Å². The second kappa shape index (κ2) is 5.75. The molecule has 1 atom stereocenters. The third-order valence-corrected chi connectivity index (χ3v) is 3.15. The monoisotopic (exact) mass is 299 g/mol. The first-order valence-corrected chi connectivity index (χ1v) is 6.54. The number of anilines is 1. The molecule has 2 rings (SSSR count). The van der Waals surface area contributed by atoms with Crippen LogP contribution in [0.4, 0.5) is 19.0 Å². The molecule has 7 heteroatoms. The van der Waals surface area contributed by atoms with E-state index in [0.29, 0.717) is 11.1 Å². The molecule has 0 bridgehead atoms. The number of methoxy groups -OCH3 is 1. The van der Waals surface area contributed by atoms with E-state index < -0.39 is 12.0 Å². The summed E-state index contributed by atoms with van der Waals surface area (Å²) in [6.07, 6.45) is -3.83. The van der Waals surface area contributed by atoms with E-state index in [1.165, 1.54) is 13.2 Å². The Morgan fingerprint density at radius 2 is 2.00 bits per heavy atom. The number of aromatic nitrogens is 2. The average Bonchev–Trinajstić information content (AvgIpc) is 2.45. The van der Waals surface area contributed by atoms with E-state index in [0.717, 1.165) is 6.42 Å². The van der Waals surface area contributed by atoms with Gasteiger partial charge in [0.15, 0.2) is 0 Å². The van der Waals surface area contributed by atoms with Gasteiger partial charge in [-0.2, -0.15) is 13.2 Å². The number of ether oxygens (including phenoxy) is 1. The number of rotatable bonds is 4. The highest BCUT2D eigenvalue weighted by Gasteiger charge is 2.35. The van der Waals surface area contributed by atoms with Gasteiger partial charge in [0, 0.05) is 17.5 Å². The highest BCUT2D eigenvalue weighted by molar-refractivity contribution is 5.90. The molecule has 0 aliphatic rings. The van der Waals surface area contributed by atoms with Crippen LogP contribution in [0, 0.1) is 0 Å². The zero-order valence-corrected chi connectivity index (χ0v) is 12.0. The van der Waals surface area contributed by atoms with Crippen LogP contribution in [0.5, 0.6) is 5.75 Å². The van der Waals surface area contributed by atoms with Gasteiger partial charge in [0.2, 0.25) is 5.82 Å². The van der Waals surface area contributed by atoms with Crippen molar-refractivity contribution in [1.82, 2.24) is 9.97 Å². The van der Waals surface area contributed by atoms with E-state index in [1.54, 1.807) is 12.1 Å². The Balaban J connectivity index is 2.62. The summed E-state index contributed by atoms with van der Waals surface area (Å²) >= 11 is 0. The van der Waals surface area contributed by atoms with Gasteiger partial charge in [0.25, 0.3) is 0 Å². The molecule has 0 aliphatic carbocycles. The third-order valence-electron chi connectivity index (χ3n) is 3.15. The molecular weight excluding hydrogens is 283 g/mol. The largest absolute Gasteiger partial charge is 0.497 e. The lowest BCUT2D eigenvalue weighted by Crippen LogP contribution is -2.18. The predicted molar refractivity (Wildman–Crippen MR) is 74.5 cm³/mol. The van der Waals surface area contributed by atoms with Crippen molar-refractivity contribution in [1.29, 1.82) is 0 Å². The van der Waals surface area contributed by atoms with Crippen LogP contribution < -0.4 is 10.1 Å². The van der Waals surface area contributed by atoms with Gasteiger partial charge >= 0.3 is 6.18 Å². The summed E-state index contributed by atoms with van der Waals surface area (Å²) in [5.74, 6) is -0.526. The summed E-state index contributed by atoms with van der Waals surface area (Å²) in [5.41, 5.74) is 0.197. The van der Waals surface area contributed by atoms with Crippen molar-refractivity contribution < 1.29 is 17.9 Å². The molecule has 1 unspecified atom stereocenters. The number of halogens is 3. The van der Waals surface area contributed by atoms with Crippen LogP contribution in [0.15, 0.2) is 18.2 Å². The zero-order valence-electron chi connectivity index (χ0n) is 12.0. The molecule has 0 spiro atoms. The van der Waals surface area contributed by atoms with E-state index in [1.807, 2.05) is 13.8 Å². The first kappa shape index (κ1) is 15.3. The fourth-order valence-corrected chi connectivity index (χ4v) is 1.81. The predicted octanol–water partition coefficient (Wildman–Crippen LogP) is 3.87. The molecule has 0 radical (unpaired) electrons. The maximum Gasteiger partial charge on any atom is 0.451 e. The molecule has 0 saturated heterocycles. The van der Waals surface area contributed by atoms with Gasteiger partial charge in [-0.25, -0.2) is 9.97 Å². The topological polar surface area (TPSA) is 47.0 Å². The maximum absolute atomic E-state index is 12.9. The quantitative estimate of drug-likeness (QED) is 0.931. The van der Waals surface area contributed by atoms with Crippen molar-refractivity contribution >= 4 is 16.7 Å². The normalized spacial score (nSPS) is 13.2. The Bertz CT molecular complexity index is 643. The van der Waals surface area contributed by atoms with Crippen LogP contribution in [0.2, 0.25) is 0 Å². The molecule has 114 valence electrons. The minimum atomic E-state index is -4.59. The van der Waals surface area contributed by atoms with E-state index in [2.05, 4.69) is 15.3 Å². The minimum absolute atomic E-state index is 0.00582. The number of hydrogen-bond acceptors (Lipinski definition) is 4. The van der Waals surface area contributed by atoms with Crippen molar-refractivity contribution in [2.75, 3.05) is 12.4 Å². The van der Waals surface area contributed by atoms with Crippen molar-refractivity contribution in [3.8, 4) is 5.75 Å². The molecular formula is C14H16F3N3O. The highest BCUT2D eigenvalue weighted by Crippen LogP contribution is 2.31. The SMILES string of the molecule is CCC(C)Nc1nc(C(F)(F)F)nc2cc(OC)ccc12. The molecule has 1 aromatic heterocycles. The lowest BCUT2D eigenvalue weighted by molar-refractivity contribution is -0.144. The Kier molecular flexibility index (Phi) is 4.20. The third kappa shape index (κ3) is 3.34. The molecule has 0 fully saturated rings. The fraction of sp³-hybridized carbons (Fsp3) is 0.429. The smallest absolute Gasteiger partial charge is 0.451 e. The number of fused-ring (bicyclic) bond motifs is 1. The molecule has 1 aromatic carbocycles. The maximum atomic E-state index is 12.9. The summed E-state index contributed by atoms with van der Waals surface area (Å²) < 4.78 is 43.8. The average molecular weight is 299 g/mol. The number of nitrogens with zero attached hydrogens (tertiary/aromatic N) is 2. The van der Waals surface area contributed by atoms with Gasteiger partial charge in [0.05, 0.1) is 12.6 Å². The van der Waals surface area contributed by atoms with Crippen LogP contribution in [0.3, 0.4) is 0 Å². The van der Waals surface area contributed by atoms with Gasteiger partial charge in [-0.1, -0.05) is 6.92 Å². The second-order valence-corrected chi connectivity index (χ2v) is 4.73. The fourth-order valence-electron chi connectivity index (χ4n) is 1.81. The Hall–Kier alpha value is -2.05. The van der Waals surface area contributed by atoms with Crippen molar-refractivity contribution in [2.45, 2.75) is 32.5 Å². The first-order chi connectivity index (χ1) is 9.85. The van der Waals surface area contributed by atoms with E-state index in [9.17, 15) is 13.2 Å². The van der Waals surface area contributed by atoms with E-state index in [-0.39, 0.29) is 17.4 Å². The summed E-state index contributed by atoms with van der Waals surface area (Å²) in [7, 11) is 1.45.